The van der Waals surface area contributed by atoms with Gasteiger partial charge in [-0.25, -0.2) is 0 Å². The number of nitrogens with zero attached hydrogens (tertiary/aromatic N) is 2. The van der Waals surface area contributed by atoms with Gasteiger partial charge in [0, 0.05) is 32.2 Å². The molecule has 3 heteroatoms. The van der Waals surface area contributed by atoms with Crippen LogP contribution in [0.5, 0.6) is 0 Å². The standard InChI is InChI=1S/C14H18N2O/c1-10-5-3-6-11-9-12-14(17)15(2)7-4-8-16(12)13(10)11/h3,5-6,12H,4,7-9H2,1-2H3. The Kier molecular flexibility index (Phi) is 2.35. The molecule has 2 aliphatic rings. The summed E-state index contributed by atoms with van der Waals surface area (Å²) in [4.78, 5) is 16.5. The number of benzene rings is 1. The first-order chi connectivity index (χ1) is 8.18. The molecule has 2 aliphatic heterocycles. The average Bonchev–Trinajstić information content (AvgIpc) is 2.62. The van der Waals surface area contributed by atoms with Crippen molar-refractivity contribution in [2.45, 2.75) is 25.8 Å². The van der Waals surface area contributed by atoms with Crippen molar-refractivity contribution < 1.29 is 4.79 Å². The Morgan fingerprint density at radius 1 is 1.29 bits per heavy atom. The quantitative estimate of drug-likeness (QED) is 0.675. The summed E-state index contributed by atoms with van der Waals surface area (Å²) in [6, 6.07) is 6.43. The Morgan fingerprint density at radius 3 is 2.94 bits per heavy atom. The molecule has 1 saturated heterocycles. The summed E-state index contributed by atoms with van der Waals surface area (Å²) < 4.78 is 0. The summed E-state index contributed by atoms with van der Waals surface area (Å²) in [5, 5.41) is 0. The highest BCUT2D eigenvalue weighted by Crippen LogP contribution is 2.36. The Labute approximate surface area is 102 Å². The van der Waals surface area contributed by atoms with Gasteiger partial charge in [0.1, 0.15) is 6.04 Å². The van der Waals surface area contributed by atoms with Crippen LogP contribution in [0.4, 0.5) is 5.69 Å². The summed E-state index contributed by atoms with van der Waals surface area (Å²) in [6.45, 7) is 4.02. The molecule has 0 bridgehead atoms. The average molecular weight is 230 g/mol. The lowest BCUT2D eigenvalue weighted by Crippen LogP contribution is -2.43. The number of para-hydroxylation sites is 1. The highest BCUT2D eigenvalue weighted by Gasteiger charge is 2.37. The number of carbonyl (C=O) groups excluding carboxylic acids is 1. The molecule has 0 radical (unpaired) electrons. The predicted octanol–water partition coefficient (Wildman–Crippen LogP) is 1.59. The molecule has 1 fully saturated rings. The third-order valence-corrected chi connectivity index (χ3v) is 3.95. The largest absolute Gasteiger partial charge is 0.359 e. The molecule has 0 aromatic heterocycles. The molecule has 0 N–H and O–H groups in total. The second-order valence-electron chi connectivity index (χ2n) is 5.11. The maximum absolute atomic E-state index is 12.3. The Morgan fingerprint density at radius 2 is 2.12 bits per heavy atom. The second kappa shape index (κ2) is 3.76. The van der Waals surface area contributed by atoms with Crippen molar-refractivity contribution in [1.82, 2.24) is 4.90 Å². The third kappa shape index (κ3) is 1.53. The highest BCUT2D eigenvalue weighted by molar-refractivity contribution is 5.89. The van der Waals surface area contributed by atoms with Crippen LogP contribution < -0.4 is 4.90 Å². The summed E-state index contributed by atoms with van der Waals surface area (Å²) in [5.41, 5.74) is 3.93. The predicted molar refractivity (Wildman–Crippen MR) is 68.3 cm³/mol. The number of amides is 1. The molecule has 1 aromatic carbocycles. The number of hydrogen-bond acceptors (Lipinski definition) is 2. The van der Waals surface area contributed by atoms with Crippen molar-refractivity contribution in [3.05, 3.63) is 29.3 Å². The molecule has 0 saturated carbocycles. The van der Waals surface area contributed by atoms with Crippen LogP contribution in [0.2, 0.25) is 0 Å². The molecule has 17 heavy (non-hydrogen) atoms. The molecule has 2 heterocycles. The van der Waals surface area contributed by atoms with Crippen LogP contribution >= 0.6 is 0 Å². The molecular formula is C14H18N2O. The van der Waals surface area contributed by atoms with Gasteiger partial charge >= 0.3 is 0 Å². The summed E-state index contributed by atoms with van der Waals surface area (Å²) in [7, 11) is 1.92. The van der Waals surface area contributed by atoms with Gasteiger partial charge in [-0.3, -0.25) is 4.79 Å². The van der Waals surface area contributed by atoms with Gasteiger partial charge in [-0.2, -0.15) is 0 Å². The minimum Gasteiger partial charge on any atom is -0.359 e. The van der Waals surface area contributed by atoms with E-state index in [9.17, 15) is 4.79 Å². The number of fused-ring (bicyclic) bond motifs is 3. The van der Waals surface area contributed by atoms with E-state index in [0.29, 0.717) is 0 Å². The van der Waals surface area contributed by atoms with Crippen LogP contribution in [-0.4, -0.2) is 37.0 Å². The zero-order chi connectivity index (χ0) is 12.0. The molecule has 90 valence electrons. The Hall–Kier alpha value is -1.51. The maximum Gasteiger partial charge on any atom is 0.245 e. The van der Waals surface area contributed by atoms with Crippen LogP contribution in [0, 0.1) is 6.92 Å². The van der Waals surface area contributed by atoms with Crippen molar-refractivity contribution in [2.24, 2.45) is 0 Å². The SMILES string of the molecule is Cc1cccc2c1N1CCCN(C)C(=O)C1C2. The molecule has 1 atom stereocenters. The van der Waals surface area contributed by atoms with Crippen molar-refractivity contribution in [1.29, 1.82) is 0 Å². The lowest BCUT2D eigenvalue weighted by atomic mass is 10.1. The highest BCUT2D eigenvalue weighted by atomic mass is 16.2. The van der Waals surface area contributed by atoms with Crippen molar-refractivity contribution in [2.75, 3.05) is 25.0 Å². The molecule has 3 nitrogen and oxygen atoms in total. The van der Waals surface area contributed by atoms with Crippen LogP contribution in [-0.2, 0) is 11.2 Å². The van der Waals surface area contributed by atoms with Gasteiger partial charge in [0.05, 0.1) is 0 Å². The van der Waals surface area contributed by atoms with E-state index in [-0.39, 0.29) is 11.9 Å². The van der Waals surface area contributed by atoms with E-state index in [1.54, 1.807) is 0 Å². The number of carbonyl (C=O) groups is 1. The Bertz CT molecular complexity index is 469. The van der Waals surface area contributed by atoms with Crippen LogP contribution in [0.25, 0.3) is 0 Å². The van der Waals surface area contributed by atoms with E-state index in [1.165, 1.54) is 16.8 Å². The van der Waals surface area contributed by atoms with Gasteiger partial charge in [-0.15, -0.1) is 0 Å². The van der Waals surface area contributed by atoms with E-state index < -0.39 is 0 Å². The molecule has 0 spiro atoms. The lowest BCUT2D eigenvalue weighted by molar-refractivity contribution is -0.130. The first-order valence-electron chi connectivity index (χ1n) is 6.28. The first kappa shape index (κ1) is 10.6. The fourth-order valence-corrected chi connectivity index (χ4v) is 3.10. The number of rotatable bonds is 0. The van der Waals surface area contributed by atoms with E-state index in [0.717, 1.165) is 25.9 Å². The van der Waals surface area contributed by atoms with E-state index in [4.69, 9.17) is 0 Å². The Balaban J connectivity index is 2.04. The van der Waals surface area contributed by atoms with E-state index in [2.05, 4.69) is 30.0 Å². The fourth-order valence-electron chi connectivity index (χ4n) is 3.10. The zero-order valence-electron chi connectivity index (χ0n) is 10.4. The van der Waals surface area contributed by atoms with Gasteiger partial charge in [0.25, 0.3) is 0 Å². The van der Waals surface area contributed by atoms with E-state index in [1.807, 2.05) is 11.9 Å². The number of likely N-dealkylation sites (N-methyl/N-ethyl adjacent to an activating group) is 1. The molecule has 1 unspecified atom stereocenters. The fraction of sp³-hybridized carbons (Fsp3) is 0.500. The molecular weight excluding hydrogens is 212 g/mol. The second-order valence-corrected chi connectivity index (χ2v) is 5.11. The normalized spacial score (nSPS) is 23.4. The van der Waals surface area contributed by atoms with Gasteiger partial charge < -0.3 is 9.80 Å². The topological polar surface area (TPSA) is 23.6 Å². The molecule has 3 rings (SSSR count). The summed E-state index contributed by atoms with van der Waals surface area (Å²) in [6.07, 6.45) is 1.94. The van der Waals surface area contributed by atoms with Crippen molar-refractivity contribution in [3.63, 3.8) is 0 Å². The van der Waals surface area contributed by atoms with Gasteiger partial charge in [-0.05, 0) is 24.5 Å². The smallest absolute Gasteiger partial charge is 0.245 e. The van der Waals surface area contributed by atoms with Crippen LogP contribution in [0.3, 0.4) is 0 Å². The van der Waals surface area contributed by atoms with Gasteiger partial charge in [0.2, 0.25) is 5.91 Å². The monoisotopic (exact) mass is 230 g/mol. The first-order valence-corrected chi connectivity index (χ1v) is 6.28. The van der Waals surface area contributed by atoms with Crippen LogP contribution in [0.15, 0.2) is 18.2 Å². The number of anilines is 1. The summed E-state index contributed by atoms with van der Waals surface area (Å²) >= 11 is 0. The minimum absolute atomic E-state index is 0.0404. The molecule has 0 aliphatic carbocycles. The summed E-state index contributed by atoms with van der Waals surface area (Å²) in [5.74, 6) is 0.276. The maximum atomic E-state index is 12.3. The molecule has 1 aromatic rings. The van der Waals surface area contributed by atoms with Gasteiger partial charge in [-0.1, -0.05) is 18.2 Å². The van der Waals surface area contributed by atoms with Crippen molar-refractivity contribution >= 4 is 11.6 Å². The lowest BCUT2D eigenvalue weighted by Gasteiger charge is -2.25. The van der Waals surface area contributed by atoms with Gasteiger partial charge in [0.15, 0.2) is 0 Å². The van der Waals surface area contributed by atoms with Crippen molar-refractivity contribution in [3.8, 4) is 0 Å². The number of hydrogen-bond donors (Lipinski definition) is 0. The number of aryl methyl sites for hydroxylation is 1. The third-order valence-electron chi connectivity index (χ3n) is 3.95. The van der Waals surface area contributed by atoms with Crippen LogP contribution in [0.1, 0.15) is 17.5 Å². The van der Waals surface area contributed by atoms with E-state index >= 15 is 0 Å². The molecule has 1 amide bonds. The minimum atomic E-state index is 0.0404. The zero-order valence-corrected chi connectivity index (χ0v) is 10.4.